The zero-order chi connectivity index (χ0) is 17.3. The quantitative estimate of drug-likeness (QED) is 0.776. The fraction of sp³-hybridized carbons (Fsp3) is 0.381. The van der Waals surface area contributed by atoms with Gasteiger partial charge in [0, 0.05) is 6.04 Å². The molecule has 25 heavy (non-hydrogen) atoms. The van der Waals surface area contributed by atoms with Gasteiger partial charge < -0.3 is 14.8 Å². The lowest BCUT2D eigenvalue weighted by molar-refractivity contribution is 0.0472. The zero-order valence-corrected chi connectivity index (χ0v) is 14.4. The molecule has 132 valence electrons. The van der Waals surface area contributed by atoms with E-state index in [-0.39, 0.29) is 12.6 Å². The second-order valence-electron chi connectivity index (χ2n) is 6.37. The molecule has 1 aliphatic rings. The molecule has 1 unspecified atom stereocenters. The lowest BCUT2D eigenvalue weighted by atomic mass is 10.0. The Kier molecular flexibility index (Phi) is 6.46. The number of carbonyl (C=O) groups excluding carboxylic acids is 1. The molecule has 1 N–H and O–H groups in total. The molecule has 4 nitrogen and oxygen atoms in total. The molecular formula is C21H25NO3. The van der Waals surface area contributed by atoms with E-state index >= 15 is 0 Å². The standard InChI is InChI=1S/C21H25NO3/c23-21(25-16-17-6-2-1-3-7-17)18-9-11-20(12-10-18)24-15-13-19-8-4-5-14-22-19/h1-3,6-7,9-12,19,22H,4-5,8,13-16H2. The van der Waals surface area contributed by atoms with Crippen molar-refractivity contribution >= 4 is 5.97 Å². The summed E-state index contributed by atoms with van der Waals surface area (Å²) in [5.41, 5.74) is 1.52. The van der Waals surface area contributed by atoms with Crippen LogP contribution >= 0.6 is 0 Å². The Bertz CT molecular complexity index is 649. The molecule has 4 heteroatoms. The van der Waals surface area contributed by atoms with Crippen LogP contribution in [-0.4, -0.2) is 25.2 Å². The molecule has 0 radical (unpaired) electrons. The first-order valence-electron chi connectivity index (χ1n) is 8.98. The summed E-state index contributed by atoms with van der Waals surface area (Å²) >= 11 is 0. The van der Waals surface area contributed by atoms with Crippen LogP contribution in [-0.2, 0) is 11.3 Å². The van der Waals surface area contributed by atoms with Crippen molar-refractivity contribution in [1.29, 1.82) is 0 Å². The normalized spacial score (nSPS) is 17.0. The molecular weight excluding hydrogens is 314 g/mol. The summed E-state index contributed by atoms with van der Waals surface area (Å²) < 4.78 is 11.1. The minimum absolute atomic E-state index is 0.284. The van der Waals surface area contributed by atoms with Crippen LogP contribution in [0, 0.1) is 0 Å². The molecule has 1 saturated heterocycles. The number of nitrogens with one attached hydrogen (secondary N) is 1. The van der Waals surface area contributed by atoms with Gasteiger partial charge in [-0.3, -0.25) is 0 Å². The lowest BCUT2D eigenvalue weighted by Gasteiger charge is -2.23. The first kappa shape index (κ1) is 17.5. The van der Waals surface area contributed by atoms with Gasteiger partial charge in [-0.2, -0.15) is 0 Å². The molecule has 2 aromatic carbocycles. The van der Waals surface area contributed by atoms with E-state index in [2.05, 4.69) is 5.32 Å². The number of hydrogen-bond acceptors (Lipinski definition) is 4. The van der Waals surface area contributed by atoms with Crippen LogP contribution in [0.25, 0.3) is 0 Å². The molecule has 3 rings (SSSR count). The number of benzene rings is 2. The van der Waals surface area contributed by atoms with Crippen molar-refractivity contribution in [1.82, 2.24) is 5.32 Å². The molecule has 1 heterocycles. The molecule has 1 aliphatic heterocycles. The highest BCUT2D eigenvalue weighted by atomic mass is 16.5. The average molecular weight is 339 g/mol. The monoisotopic (exact) mass is 339 g/mol. The van der Waals surface area contributed by atoms with Crippen LogP contribution < -0.4 is 10.1 Å². The summed E-state index contributed by atoms with van der Waals surface area (Å²) in [7, 11) is 0. The summed E-state index contributed by atoms with van der Waals surface area (Å²) in [4.78, 5) is 12.1. The predicted molar refractivity (Wildman–Crippen MR) is 97.8 cm³/mol. The van der Waals surface area contributed by atoms with Crippen molar-refractivity contribution < 1.29 is 14.3 Å². The van der Waals surface area contributed by atoms with Gasteiger partial charge in [-0.25, -0.2) is 4.79 Å². The van der Waals surface area contributed by atoms with Gasteiger partial charge in [-0.1, -0.05) is 36.8 Å². The number of carbonyl (C=O) groups is 1. The van der Waals surface area contributed by atoms with Gasteiger partial charge in [0.15, 0.2) is 0 Å². The smallest absolute Gasteiger partial charge is 0.338 e. The van der Waals surface area contributed by atoms with Gasteiger partial charge >= 0.3 is 5.97 Å². The Morgan fingerprint density at radius 2 is 1.84 bits per heavy atom. The van der Waals surface area contributed by atoms with Gasteiger partial charge in [-0.15, -0.1) is 0 Å². The largest absolute Gasteiger partial charge is 0.494 e. The van der Waals surface area contributed by atoms with Crippen LogP contribution in [0.4, 0.5) is 0 Å². The Hall–Kier alpha value is -2.33. The van der Waals surface area contributed by atoms with E-state index in [4.69, 9.17) is 9.47 Å². The number of piperidine rings is 1. The van der Waals surface area contributed by atoms with Crippen molar-refractivity contribution in [2.24, 2.45) is 0 Å². The Balaban J connectivity index is 1.42. The van der Waals surface area contributed by atoms with E-state index in [1.807, 2.05) is 42.5 Å². The van der Waals surface area contributed by atoms with Gasteiger partial charge in [0.1, 0.15) is 12.4 Å². The fourth-order valence-corrected chi connectivity index (χ4v) is 2.98. The lowest BCUT2D eigenvalue weighted by Crippen LogP contribution is -2.35. The van der Waals surface area contributed by atoms with Gasteiger partial charge in [0.25, 0.3) is 0 Å². The van der Waals surface area contributed by atoms with Gasteiger partial charge in [-0.05, 0) is 55.6 Å². The fourth-order valence-electron chi connectivity index (χ4n) is 2.98. The first-order chi connectivity index (χ1) is 12.3. The summed E-state index contributed by atoms with van der Waals surface area (Å²) in [6.07, 6.45) is 4.83. The molecule has 1 fully saturated rings. The van der Waals surface area contributed by atoms with E-state index in [0.717, 1.165) is 24.3 Å². The Morgan fingerprint density at radius 3 is 2.56 bits per heavy atom. The summed E-state index contributed by atoms with van der Waals surface area (Å²) in [6.45, 7) is 2.09. The van der Waals surface area contributed by atoms with E-state index in [1.54, 1.807) is 12.1 Å². The minimum atomic E-state index is -0.318. The molecule has 0 amide bonds. The van der Waals surface area contributed by atoms with Crippen molar-refractivity contribution in [2.75, 3.05) is 13.2 Å². The van der Waals surface area contributed by atoms with E-state index < -0.39 is 0 Å². The number of esters is 1. The van der Waals surface area contributed by atoms with Crippen molar-refractivity contribution in [3.8, 4) is 5.75 Å². The highest BCUT2D eigenvalue weighted by molar-refractivity contribution is 5.89. The highest BCUT2D eigenvalue weighted by Crippen LogP contribution is 2.15. The second kappa shape index (κ2) is 9.23. The SMILES string of the molecule is O=C(OCc1ccccc1)c1ccc(OCCC2CCCCN2)cc1. The van der Waals surface area contributed by atoms with Crippen LogP contribution in [0.3, 0.4) is 0 Å². The third kappa shape index (κ3) is 5.61. The maximum atomic E-state index is 12.1. The van der Waals surface area contributed by atoms with Gasteiger partial charge in [0.05, 0.1) is 12.2 Å². The topological polar surface area (TPSA) is 47.6 Å². The number of ether oxygens (including phenoxy) is 2. The molecule has 0 aliphatic carbocycles. The van der Waals surface area contributed by atoms with E-state index in [1.165, 1.54) is 19.3 Å². The molecule has 2 aromatic rings. The Morgan fingerprint density at radius 1 is 1.04 bits per heavy atom. The summed E-state index contributed by atoms with van der Waals surface area (Å²) in [5.74, 6) is 0.470. The maximum absolute atomic E-state index is 12.1. The van der Waals surface area contributed by atoms with E-state index in [9.17, 15) is 4.79 Å². The number of hydrogen-bond donors (Lipinski definition) is 1. The van der Waals surface area contributed by atoms with Crippen LogP contribution in [0.1, 0.15) is 41.6 Å². The second-order valence-corrected chi connectivity index (χ2v) is 6.37. The number of rotatable bonds is 7. The zero-order valence-electron chi connectivity index (χ0n) is 14.4. The van der Waals surface area contributed by atoms with Crippen molar-refractivity contribution in [3.05, 3.63) is 65.7 Å². The van der Waals surface area contributed by atoms with Crippen LogP contribution in [0.2, 0.25) is 0 Å². The van der Waals surface area contributed by atoms with Crippen LogP contribution in [0.5, 0.6) is 5.75 Å². The summed E-state index contributed by atoms with van der Waals surface area (Å²) in [5, 5.41) is 3.52. The first-order valence-corrected chi connectivity index (χ1v) is 8.98. The molecule has 0 aromatic heterocycles. The molecule has 0 saturated carbocycles. The molecule has 1 atom stereocenters. The highest BCUT2D eigenvalue weighted by Gasteiger charge is 2.12. The van der Waals surface area contributed by atoms with E-state index in [0.29, 0.717) is 18.2 Å². The molecule has 0 bridgehead atoms. The summed E-state index contributed by atoms with van der Waals surface area (Å²) in [6, 6.07) is 17.4. The van der Waals surface area contributed by atoms with Crippen molar-refractivity contribution in [2.45, 2.75) is 38.3 Å². The van der Waals surface area contributed by atoms with Crippen LogP contribution in [0.15, 0.2) is 54.6 Å². The predicted octanol–water partition coefficient (Wildman–Crippen LogP) is 3.95. The third-order valence-corrected chi connectivity index (χ3v) is 4.45. The average Bonchev–Trinajstić information content (AvgIpc) is 2.68. The minimum Gasteiger partial charge on any atom is -0.494 e. The third-order valence-electron chi connectivity index (χ3n) is 4.45. The molecule has 0 spiro atoms. The van der Waals surface area contributed by atoms with Gasteiger partial charge in [0.2, 0.25) is 0 Å². The van der Waals surface area contributed by atoms with Crippen molar-refractivity contribution in [3.63, 3.8) is 0 Å². The maximum Gasteiger partial charge on any atom is 0.338 e. The Labute approximate surface area is 149 Å².